The Morgan fingerprint density at radius 3 is 2.04 bits per heavy atom. The molecule has 1 aliphatic heterocycles. The quantitative estimate of drug-likeness (QED) is 0.561. The average molecular weight is 386 g/mol. The van der Waals surface area contributed by atoms with Crippen molar-refractivity contribution in [1.29, 1.82) is 0 Å². The first-order valence-corrected chi connectivity index (χ1v) is 10.5. The summed E-state index contributed by atoms with van der Waals surface area (Å²) in [6.07, 6.45) is 6.50. The number of anilines is 1. The van der Waals surface area contributed by atoms with Crippen LogP contribution in [0.25, 0.3) is 6.08 Å². The van der Waals surface area contributed by atoms with Gasteiger partial charge in [0.25, 0.3) is 5.69 Å². The summed E-state index contributed by atoms with van der Waals surface area (Å²) in [5, 5.41) is 11.8. The molecular weight excluding hydrogens is 364 g/mol. The Morgan fingerprint density at radius 1 is 0.889 bits per heavy atom. The predicted molar refractivity (Wildman–Crippen MR) is 106 cm³/mol. The Bertz CT molecular complexity index is 911. The van der Waals surface area contributed by atoms with E-state index < -0.39 is 14.8 Å². The molecule has 0 unspecified atom stereocenters. The van der Waals surface area contributed by atoms with Crippen LogP contribution in [0.3, 0.4) is 0 Å². The molecule has 0 amide bonds. The van der Waals surface area contributed by atoms with Crippen LogP contribution in [0.2, 0.25) is 0 Å². The number of nitrogens with zero attached hydrogens (tertiary/aromatic N) is 2. The fraction of sp³-hybridized carbons (Fsp3) is 0.300. The van der Waals surface area contributed by atoms with Gasteiger partial charge in [0, 0.05) is 36.3 Å². The maximum Gasteiger partial charge on any atom is 0.269 e. The van der Waals surface area contributed by atoms with Crippen LogP contribution in [-0.4, -0.2) is 26.4 Å². The van der Waals surface area contributed by atoms with Crippen molar-refractivity contribution in [3.05, 3.63) is 69.6 Å². The number of nitro groups is 1. The fourth-order valence-electron chi connectivity index (χ4n) is 3.13. The van der Waals surface area contributed by atoms with Gasteiger partial charge in [0.1, 0.15) is 0 Å². The van der Waals surface area contributed by atoms with Crippen LogP contribution in [0.5, 0.6) is 0 Å². The number of hydrogen-bond donors (Lipinski definition) is 0. The third-order valence-electron chi connectivity index (χ3n) is 4.68. The van der Waals surface area contributed by atoms with Crippen LogP contribution in [0.4, 0.5) is 11.4 Å². The number of rotatable bonds is 5. The summed E-state index contributed by atoms with van der Waals surface area (Å²) in [5.41, 5.74) is 1.81. The largest absolute Gasteiger partial charge is 0.372 e. The van der Waals surface area contributed by atoms with Crippen molar-refractivity contribution >= 4 is 27.3 Å². The van der Waals surface area contributed by atoms with Crippen LogP contribution in [-0.2, 0) is 9.84 Å². The zero-order valence-corrected chi connectivity index (χ0v) is 15.8. The molecular formula is C20H22N2O4S. The van der Waals surface area contributed by atoms with Crippen LogP contribution in [0, 0.1) is 10.1 Å². The van der Waals surface area contributed by atoms with Gasteiger partial charge in [0.2, 0.25) is 0 Å². The lowest BCUT2D eigenvalue weighted by molar-refractivity contribution is -0.384. The van der Waals surface area contributed by atoms with Gasteiger partial charge in [0.05, 0.1) is 9.82 Å². The van der Waals surface area contributed by atoms with Gasteiger partial charge in [-0.1, -0.05) is 25.0 Å². The van der Waals surface area contributed by atoms with Gasteiger partial charge in [-0.2, -0.15) is 0 Å². The fourth-order valence-corrected chi connectivity index (χ4v) is 4.14. The van der Waals surface area contributed by atoms with Crippen LogP contribution >= 0.6 is 0 Å². The Hall–Kier alpha value is -2.67. The van der Waals surface area contributed by atoms with E-state index in [0.717, 1.165) is 29.7 Å². The zero-order valence-electron chi connectivity index (χ0n) is 15.0. The molecule has 2 aromatic rings. The van der Waals surface area contributed by atoms with Gasteiger partial charge < -0.3 is 4.90 Å². The van der Waals surface area contributed by atoms with Crippen molar-refractivity contribution in [2.24, 2.45) is 0 Å². The summed E-state index contributed by atoms with van der Waals surface area (Å²) in [5.74, 6) is 0. The molecule has 142 valence electrons. The van der Waals surface area contributed by atoms with Gasteiger partial charge in [-0.3, -0.25) is 10.1 Å². The maximum atomic E-state index is 12.4. The topological polar surface area (TPSA) is 80.5 Å². The van der Waals surface area contributed by atoms with E-state index in [1.165, 1.54) is 49.9 Å². The van der Waals surface area contributed by atoms with E-state index in [0.29, 0.717) is 0 Å². The van der Waals surface area contributed by atoms with E-state index in [1.54, 1.807) is 6.08 Å². The lowest BCUT2D eigenvalue weighted by atomic mass is 10.2. The van der Waals surface area contributed by atoms with Crippen molar-refractivity contribution in [2.75, 3.05) is 18.0 Å². The minimum atomic E-state index is -3.65. The lowest BCUT2D eigenvalue weighted by Gasteiger charge is -2.22. The second-order valence-corrected chi connectivity index (χ2v) is 8.43. The minimum Gasteiger partial charge on any atom is -0.372 e. The standard InChI is InChI=1S/C20H22N2O4S/c23-22(24)19-9-11-20(12-10-19)27(25,26)16-13-17-5-7-18(8-6-17)21-14-3-1-2-4-15-21/h5-13,16H,1-4,14-15H2/b16-13+. The van der Waals surface area contributed by atoms with E-state index in [-0.39, 0.29) is 10.6 Å². The maximum absolute atomic E-state index is 12.4. The van der Waals surface area contributed by atoms with Crippen LogP contribution in [0.15, 0.2) is 58.8 Å². The Morgan fingerprint density at radius 2 is 1.48 bits per heavy atom. The number of hydrogen-bond acceptors (Lipinski definition) is 5. The summed E-state index contributed by atoms with van der Waals surface area (Å²) in [4.78, 5) is 12.5. The first-order chi connectivity index (χ1) is 13.0. The third kappa shape index (κ3) is 4.95. The summed E-state index contributed by atoms with van der Waals surface area (Å²) in [6.45, 7) is 2.12. The highest BCUT2D eigenvalue weighted by Gasteiger charge is 2.13. The van der Waals surface area contributed by atoms with Gasteiger partial charge in [0.15, 0.2) is 9.84 Å². The predicted octanol–water partition coefficient (Wildman–Crippen LogP) is 4.42. The van der Waals surface area contributed by atoms with Crippen LogP contribution in [0.1, 0.15) is 31.2 Å². The monoisotopic (exact) mass is 386 g/mol. The second kappa shape index (κ2) is 8.35. The molecule has 0 aromatic heterocycles. The van der Waals surface area contributed by atoms with E-state index in [9.17, 15) is 18.5 Å². The highest BCUT2D eigenvalue weighted by Crippen LogP contribution is 2.22. The molecule has 1 heterocycles. The van der Waals surface area contributed by atoms with Crippen molar-refractivity contribution in [1.82, 2.24) is 0 Å². The third-order valence-corrected chi connectivity index (χ3v) is 6.10. The van der Waals surface area contributed by atoms with E-state index in [2.05, 4.69) is 4.90 Å². The summed E-state index contributed by atoms with van der Waals surface area (Å²) in [6, 6.07) is 12.7. The van der Waals surface area contributed by atoms with E-state index in [4.69, 9.17) is 0 Å². The van der Waals surface area contributed by atoms with Gasteiger partial charge in [-0.05, 0) is 48.7 Å². The highest BCUT2D eigenvalue weighted by molar-refractivity contribution is 7.94. The molecule has 0 radical (unpaired) electrons. The average Bonchev–Trinajstić information content (AvgIpc) is 2.96. The normalized spacial score (nSPS) is 15.6. The number of benzene rings is 2. The van der Waals surface area contributed by atoms with Crippen molar-refractivity contribution in [2.45, 2.75) is 30.6 Å². The van der Waals surface area contributed by atoms with Crippen molar-refractivity contribution in [3.8, 4) is 0 Å². The first-order valence-electron chi connectivity index (χ1n) is 8.98. The van der Waals surface area contributed by atoms with Crippen molar-refractivity contribution in [3.63, 3.8) is 0 Å². The first kappa shape index (κ1) is 19.1. The lowest BCUT2D eigenvalue weighted by Crippen LogP contribution is -2.23. The molecule has 0 N–H and O–H groups in total. The Labute approximate surface area is 159 Å². The van der Waals surface area contributed by atoms with Gasteiger partial charge >= 0.3 is 0 Å². The molecule has 0 atom stereocenters. The smallest absolute Gasteiger partial charge is 0.269 e. The Balaban J connectivity index is 1.71. The molecule has 3 rings (SSSR count). The summed E-state index contributed by atoms with van der Waals surface area (Å²) < 4.78 is 24.7. The van der Waals surface area contributed by atoms with E-state index >= 15 is 0 Å². The van der Waals surface area contributed by atoms with Gasteiger partial charge in [-0.25, -0.2) is 8.42 Å². The molecule has 0 aliphatic carbocycles. The summed E-state index contributed by atoms with van der Waals surface area (Å²) >= 11 is 0. The Kier molecular flexibility index (Phi) is 5.91. The molecule has 7 heteroatoms. The van der Waals surface area contributed by atoms with Crippen LogP contribution < -0.4 is 4.90 Å². The SMILES string of the molecule is O=[N+]([O-])c1ccc(S(=O)(=O)/C=C/c2ccc(N3CCCCCC3)cc2)cc1. The minimum absolute atomic E-state index is 0.0329. The molecule has 1 fully saturated rings. The molecule has 0 saturated carbocycles. The molecule has 6 nitrogen and oxygen atoms in total. The second-order valence-electron chi connectivity index (χ2n) is 6.59. The number of non-ortho nitro benzene ring substituents is 1. The highest BCUT2D eigenvalue weighted by atomic mass is 32.2. The summed E-state index contributed by atoms with van der Waals surface area (Å²) in [7, 11) is -3.65. The van der Waals surface area contributed by atoms with Gasteiger partial charge in [-0.15, -0.1) is 0 Å². The number of sulfone groups is 1. The van der Waals surface area contributed by atoms with Crippen molar-refractivity contribution < 1.29 is 13.3 Å². The molecule has 27 heavy (non-hydrogen) atoms. The van der Waals surface area contributed by atoms with E-state index in [1.807, 2.05) is 24.3 Å². The zero-order chi connectivity index (χ0) is 19.3. The molecule has 0 spiro atoms. The number of nitro benzene ring substituents is 1. The molecule has 0 bridgehead atoms. The molecule has 1 saturated heterocycles. The molecule has 1 aliphatic rings. The molecule has 2 aromatic carbocycles.